The van der Waals surface area contributed by atoms with Crippen LogP contribution in [-0.2, 0) is 5.33 Å². The highest BCUT2D eigenvalue weighted by atomic mass is 79.9. The first kappa shape index (κ1) is 9.70. The number of halogens is 1. The molecule has 1 aromatic heterocycles. The maximum absolute atomic E-state index is 9.09. The van der Waals surface area contributed by atoms with E-state index in [-0.39, 0.29) is 0 Å². The van der Waals surface area contributed by atoms with Gasteiger partial charge in [0.1, 0.15) is 0 Å². The third-order valence-corrected chi connectivity index (χ3v) is 2.72. The molecular weight excluding hydrogens is 247 g/mol. The van der Waals surface area contributed by atoms with E-state index >= 15 is 0 Å². The van der Waals surface area contributed by atoms with Gasteiger partial charge in [0.15, 0.2) is 0 Å². The SMILES string of the molecule is OB(O)c1ccc(CBr)c2[nH]cnc12. The molecule has 3 N–H and O–H groups in total. The molecule has 0 radical (unpaired) electrons. The minimum Gasteiger partial charge on any atom is -0.423 e. The van der Waals surface area contributed by atoms with Crippen LogP contribution in [0.15, 0.2) is 18.5 Å². The van der Waals surface area contributed by atoms with Gasteiger partial charge in [-0.2, -0.15) is 0 Å². The van der Waals surface area contributed by atoms with Crippen molar-refractivity contribution in [3.63, 3.8) is 0 Å². The zero-order chi connectivity index (χ0) is 10.1. The van der Waals surface area contributed by atoms with Crippen molar-refractivity contribution in [2.75, 3.05) is 0 Å². The summed E-state index contributed by atoms with van der Waals surface area (Å²) in [7, 11) is -1.48. The fourth-order valence-corrected chi connectivity index (χ4v) is 1.90. The van der Waals surface area contributed by atoms with Gasteiger partial charge in [0.05, 0.1) is 17.4 Å². The van der Waals surface area contributed by atoms with E-state index in [0.29, 0.717) is 16.3 Å². The Morgan fingerprint density at radius 1 is 1.43 bits per heavy atom. The summed E-state index contributed by atoms with van der Waals surface area (Å²) in [5.41, 5.74) is 2.91. The van der Waals surface area contributed by atoms with Crippen LogP contribution >= 0.6 is 15.9 Å². The van der Waals surface area contributed by atoms with E-state index in [0.717, 1.165) is 11.1 Å². The van der Waals surface area contributed by atoms with E-state index in [4.69, 9.17) is 10.0 Å². The molecule has 0 amide bonds. The summed E-state index contributed by atoms with van der Waals surface area (Å²) in [6, 6.07) is 3.51. The standard InChI is InChI=1S/C8H8BBrN2O2/c10-3-5-1-2-6(9(13)14)8-7(5)11-4-12-8/h1-2,4,13-14H,3H2,(H,11,12). The number of fused-ring (bicyclic) bond motifs is 1. The van der Waals surface area contributed by atoms with Gasteiger partial charge in [-0.1, -0.05) is 28.1 Å². The Kier molecular flexibility index (Phi) is 2.58. The Hall–Kier alpha value is -0.845. The summed E-state index contributed by atoms with van der Waals surface area (Å²) in [6.07, 6.45) is 1.54. The number of imidazole rings is 1. The van der Waals surface area contributed by atoms with E-state index in [1.807, 2.05) is 6.07 Å². The van der Waals surface area contributed by atoms with Crippen molar-refractivity contribution < 1.29 is 10.0 Å². The molecule has 2 aromatic rings. The second kappa shape index (κ2) is 3.72. The first-order valence-electron chi connectivity index (χ1n) is 4.11. The number of hydrogen-bond donors (Lipinski definition) is 3. The summed E-state index contributed by atoms with van der Waals surface area (Å²) >= 11 is 3.35. The highest BCUT2D eigenvalue weighted by Gasteiger charge is 2.17. The molecule has 6 heteroatoms. The predicted molar refractivity (Wildman–Crippen MR) is 58.6 cm³/mol. The second-order valence-electron chi connectivity index (χ2n) is 2.95. The average Bonchev–Trinajstić information content (AvgIpc) is 2.64. The largest absolute Gasteiger partial charge is 0.490 e. The molecular formula is C8H8BBrN2O2. The van der Waals surface area contributed by atoms with Crippen LogP contribution in [0.4, 0.5) is 0 Å². The van der Waals surface area contributed by atoms with E-state index < -0.39 is 7.12 Å². The monoisotopic (exact) mass is 254 g/mol. The number of H-pyrrole nitrogens is 1. The van der Waals surface area contributed by atoms with E-state index in [2.05, 4.69) is 25.9 Å². The molecule has 2 rings (SSSR count). The highest BCUT2D eigenvalue weighted by molar-refractivity contribution is 9.08. The molecule has 0 aliphatic carbocycles. The summed E-state index contributed by atoms with van der Waals surface area (Å²) in [6.45, 7) is 0. The number of alkyl halides is 1. The van der Waals surface area contributed by atoms with Gasteiger partial charge >= 0.3 is 7.12 Å². The first-order valence-corrected chi connectivity index (χ1v) is 5.23. The molecule has 1 aromatic carbocycles. The van der Waals surface area contributed by atoms with E-state index in [9.17, 15) is 0 Å². The lowest BCUT2D eigenvalue weighted by Crippen LogP contribution is -2.30. The van der Waals surface area contributed by atoms with Crippen molar-refractivity contribution >= 4 is 39.5 Å². The first-order chi connectivity index (χ1) is 6.74. The minimum absolute atomic E-state index is 0.422. The normalized spacial score (nSPS) is 10.8. The number of benzene rings is 1. The minimum atomic E-state index is -1.48. The predicted octanol–water partition coefficient (Wildman–Crippen LogP) is 0.138. The van der Waals surface area contributed by atoms with Crippen LogP contribution in [0.25, 0.3) is 11.0 Å². The van der Waals surface area contributed by atoms with E-state index in [1.165, 1.54) is 0 Å². The zero-order valence-electron chi connectivity index (χ0n) is 7.24. The Labute approximate surface area is 89.3 Å². The molecule has 0 fully saturated rings. The molecule has 0 spiro atoms. The third-order valence-electron chi connectivity index (χ3n) is 2.12. The Morgan fingerprint density at radius 3 is 2.86 bits per heavy atom. The Balaban J connectivity index is 2.72. The number of rotatable bonds is 2. The molecule has 0 aliphatic heterocycles. The Morgan fingerprint density at radius 2 is 2.21 bits per heavy atom. The van der Waals surface area contributed by atoms with Gasteiger partial charge in [-0.3, -0.25) is 0 Å². The fourth-order valence-electron chi connectivity index (χ4n) is 1.43. The van der Waals surface area contributed by atoms with Gasteiger partial charge in [-0.15, -0.1) is 0 Å². The summed E-state index contributed by atoms with van der Waals surface area (Å²) in [5.74, 6) is 0. The van der Waals surface area contributed by atoms with Crippen LogP contribution in [0.1, 0.15) is 5.56 Å². The van der Waals surface area contributed by atoms with Crippen molar-refractivity contribution in [3.05, 3.63) is 24.0 Å². The van der Waals surface area contributed by atoms with Gasteiger partial charge in [0.2, 0.25) is 0 Å². The van der Waals surface area contributed by atoms with Crippen LogP contribution in [0.3, 0.4) is 0 Å². The Bertz CT molecular complexity index is 458. The second-order valence-corrected chi connectivity index (χ2v) is 3.51. The zero-order valence-corrected chi connectivity index (χ0v) is 8.82. The molecule has 0 bridgehead atoms. The summed E-state index contributed by atoms with van der Waals surface area (Å²) in [4.78, 5) is 7.02. The molecule has 1 heterocycles. The maximum atomic E-state index is 9.09. The molecule has 0 saturated carbocycles. The van der Waals surface area contributed by atoms with Crippen molar-refractivity contribution in [2.24, 2.45) is 0 Å². The van der Waals surface area contributed by atoms with Crippen molar-refractivity contribution in [2.45, 2.75) is 5.33 Å². The quantitative estimate of drug-likeness (QED) is 0.528. The fraction of sp³-hybridized carbons (Fsp3) is 0.125. The molecule has 0 saturated heterocycles. The molecule has 0 atom stereocenters. The lowest BCUT2D eigenvalue weighted by atomic mass is 9.79. The average molecular weight is 255 g/mol. The molecule has 0 unspecified atom stereocenters. The summed E-state index contributed by atoms with van der Waals surface area (Å²) < 4.78 is 0. The van der Waals surface area contributed by atoms with Gasteiger partial charge in [0, 0.05) is 10.8 Å². The number of aromatic nitrogens is 2. The maximum Gasteiger partial charge on any atom is 0.490 e. The van der Waals surface area contributed by atoms with Gasteiger partial charge in [0.25, 0.3) is 0 Å². The summed E-state index contributed by atoms with van der Waals surface area (Å²) in [5, 5.41) is 18.9. The number of nitrogens with zero attached hydrogens (tertiary/aromatic N) is 1. The number of nitrogens with one attached hydrogen (secondary N) is 1. The van der Waals surface area contributed by atoms with Crippen molar-refractivity contribution in [3.8, 4) is 0 Å². The lowest BCUT2D eigenvalue weighted by Gasteiger charge is -2.03. The van der Waals surface area contributed by atoms with Crippen molar-refractivity contribution in [1.29, 1.82) is 0 Å². The molecule has 72 valence electrons. The van der Waals surface area contributed by atoms with Crippen LogP contribution in [0.5, 0.6) is 0 Å². The molecule has 4 nitrogen and oxygen atoms in total. The highest BCUT2D eigenvalue weighted by Crippen LogP contribution is 2.15. The smallest absolute Gasteiger partial charge is 0.423 e. The third kappa shape index (κ3) is 1.45. The number of aromatic amines is 1. The van der Waals surface area contributed by atoms with Crippen LogP contribution < -0.4 is 5.46 Å². The van der Waals surface area contributed by atoms with Gasteiger partial charge < -0.3 is 15.0 Å². The van der Waals surface area contributed by atoms with Crippen molar-refractivity contribution in [1.82, 2.24) is 9.97 Å². The van der Waals surface area contributed by atoms with Crippen LogP contribution in [0.2, 0.25) is 0 Å². The van der Waals surface area contributed by atoms with Gasteiger partial charge in [-0.05, 0) is 5.56 Å². The lowest BCUT2D eigenvalue weighted by molar-refractivity contribution is 0.426. The van der Waals surface area contributed by atoms with Gasteiger partial charge in [-0.25, -0.2) is 4.98 Å². The molecule has 14 heavy (non-hydrogen) atoms. The van der Waals surface area contributed by atoms with Crippen LogP contribution in [-0.4, -0.2) is 27.1 Å². The number of hydrogen-bond acceptors (Lipinski definition) is 3. The van der Waals surface area contributed by atoms with E-state index in [1.54, 1.807) is 12.4 Å². The van der Waals surface area contributed by atoms with Crippen LogP contribution in [0, 0.1) is 0 Å². The topological polar surface area (TPSA) is 69.1 Å². The molecule has 0 aliphatic rings.